The molecule has 0 unspecified atom stereocenters. The molecule has 0 aliphatic carbocycles. The van der Waals surface area contributed by atoms with Gasteiger partial charge in [0.1, 0.15) is 0 Å². The van der Waals surface area contributed by atoms with E-state index in [0.717, 1.165) is 17.6 Å². The minimum absolute atomic E-state index is 0. The topological polar surface area (TPSA) is 107 Å². The fourth-order valence-corrected chi connectivity index (χ4v) is 7.70. The molecule has 0 atom stereocenters. The summed E-state index contributed by atoms with van der Waals surface area (Å²) in [7, 11) is 0. The molecule has 3 aromatic rings. The van der Waals surface area contributed by atoms with Crippen molar-refractivity contribution in [2.45, 2.75) is 5.60 Å². The van der Waals surface area contributed by atoms with Crippen LogP contribution in [-0.4, -0.2) is 21.7 Å². The second kappa shape index (κ2) is 6.97. The predicted octanol–water partition coefficient (Wildman–Crippen LogP) is 3.54. The number of phenols is 2. The Balaban J connectivity index is 0.00000205. The summed E-state index contributed by atoms with van der Waals surface area (Å²) >= 11 is 7.29. The number of fused-ring (bicyclic) bond motifs is 6. The van der Waals surface area contributed by atoms with E-state index in [9.17, 15) is 15.0 Å². The van der Waals surface area contributed by atoms with Gasteiger partial charge in [-0.25, -0.2) is 0 Å². The number of hydrogen-bond donors (Lipinski definition) is 2. The Kier molecular flexibility index (Phi) is 4.96. The van der Waals surface area contributed by atoms with Crippen LogP contribution in [0.5, 0.6) is 23.0 Å². The first-order valence-electron chi connectivity index (χ1n) is 8.25. The quantitative estimate of drug-likeness (QED) is 0.275. The number of esters is 1. The van der Waals surface area contributed by atoms with Crippen LogP contribution >= 0.6 is 31.9 Å². The number of aromatic hydroxyl groups is 2. The molecule has 9 heteroatoms. The van der Waals surface area contributed by atoms with Gasteiger partial charge in [-0.1, -0.05) is 0 Å². The Labute approximate surface area is 198 Å². The molecule has 0 aromatic heterocycles. The first-order chi connectivity index (χ1) is 13.3. The van der Waals surface area contributed by atoms with Gasteiger partial charge in [0, 0.05) is 0 Å². The van der Waals surface area contributed by atoms with Gasteiger partial charge >= 0.3 is 194 Å². The van der Waals surface area contributed by atoms with E-state index < -0.39 is 11.6 Å². The van der Waals surface area contributed by atoms with Crippen molar-refractivity contribution in [3.8, 4) is 23.0 Å². The van der Waals surface area contributed by atoms with Crippen LogP contribution < -0.4 is 7.81 Å². The van der Waals surface area contributed by atoms with Crippen LogP contribution in [-0.2, 0) is 36.5 Å². The summed E-state index contributed by atoms with van der Waals surface area (Å²) in [6, 6.07) is 11.3. The van der Waals surface area contributed by atoms with Crippen molar-refractivity contribution < 1.29 is 56.1 Å². The summed E-state index contributed by atoms with van der Waals surface area (Å²) in [5, 5.41) is 19.9. The molecule has 29 heavy (non-hydrogen) atoms. The van der Waals surface area contributed by atoms with Gasteiger partial charge in [0.15, 0.2) is 0 Å². The van der Waals surface area contributed by atoms with E-state index in [1.54, 1.807) is 24.3 Å². The number of carbonyl (C=O) groups is 1. The van der Waals surface area contributed by atoms with E-state index in [1.165, 1.54) is 12.1 Å². The van der Waals surface area contributed by atoms with Gasteiger partial charge in [-0.05, 0) is 0 Å². The van der Waals surface area contributed by atoms with Gasteiger partial charge in [-0.2, -0.15) is 0 Å². The van der Waals surface area contributed by atoms with Crippen LogP contribution in [0.25, 0.3) is 0 Å². The van der Waals surface area contributed by atoms with Crippen molar-refractivity contribution in [1.29, 1.82) is 0 Å². The Hall–Kier alpha value is -1.61. The fraction of sp³-hybridized carbons (Fsp3) is 0.0500. The number of halogens is 2. The average Bonchev–Trinajstić information content (AvgIpc) is 2.92. The van der Waals surface area contributed by atoms with Crippen molar-refractivity contribution in [3.63, 3.8) is 0 Å². The number of hydrogen-bond acceptors (Lipinski definition) is 5. The van der Waals surface area contributed by atoms with Gasteiger partial charge < -0.3 is 5.48 Å². The average molecular weight is 708 g/mol. The molecule has 0 saturated heterocycles. The molecule has 0 saturated carbocycles. The third-order valence-electron chi connectivity index (χ3n) is 5.05. The normalized spacial score (nSPS) is 15.0. The van der Waals surface area contributed by atoms with Crippen LogP contribution in [0.3, 0.4) is 0 Å². The molecule has 0 fully saturated rings. The van der Waals surface area contributed by atoms with E-state index in [1.807, 2.05) is 6.07 Å². The summed E-state index contributed by atoms with van der Waals surface area (Å²) in [6.07, 6.45) is 0. The molecule has 2 aliphatic heterocycles. The van der Waals surface area contributed by atoms with Gasteiger partial charge in [0.25, 0.3) is 0 Å². The van der Waals surface area contributed by atoms with E-state index in [0.29, 0.717) is 28.2 Å². The van der Waals surface area contributed by atoms with E-state index in [2.05, 4.69) is 31.9 Å². The van der Waals surface area contributed by atoms with Gasteiger partial charge in [-0.3, -0.25) is 0 Å². The molecule has 2 aliphatic rings. The zero-order valence-electron chi connectivity index (χ0n) is 14.6. The molecule has 2 heterocycles. The van der Waals surface area contributed by atoms with Crippen LogP contribution in [0.15, 0.2) is 51.4 Å². The zero-order valence-corrected chi connectivity index (χ0v) is 23.3. The van der Waals surface area contributed by atoms with Crippen molar-refractivity contribution in [2.24, 2.45) is 0 Å². The Morgan fingerprint density at radius 2 is 1.45 bits per heavy atom. The first kappa shape index (κ1) is 20.6. The molecule has 3 aromatic carbocycles. The Morgan fingerprint density at radius 1 is 0.897 bits per heavy atom. The second-order valence-corrected chi connectivity index (χ2v) is 11.0. The van der Waals surface area contributed by atoms with Crippen LogP contribution in [0.2, 0.25) is 0 Å². The van der Waals surface area contributed by atoms with Crippen molar-refractivity contribution in [1.82, 2.24) is 0 Å². The summed E-state index contributed by atoms with van der Waals surface area (Å²) in [5.41, 5.74) is 1.32. The van der Waals surface area contributed by atoms with Crippen molar-refractivity contribution >= 4 is 40.9 Å². The molecule has 6 nitrogen and oxygen atoms in total. The van der Waals surface area contributed by atoms with Crippen molar-refractivity contribution in [3.05, 3.63) is 73.7 Å². The molecule has 0 bridgehead atoms. The molecule has 5 rings (SSSR count). The molecule has 1 spiro atoms. The maximum atomic E-state index is 13.0. The maximum absolute atomic E-state index is 13.0. The second-order valence-electron chi connectivity index (χ2n) is 6.61. The van der Waals surface area contributed by atoms with E-state index in [-0.39, 0.29) is 43.1 Å². The molecule has 143 valence electrons. The predicted molar refractivity (Wildman–Crippen MR) is 107 cm³/mol. The number of rotatable bonds is 0. The van der Waals surface area contributed by atoms with Crippen molar-refractivity contribution in [2.75, 3.05) is 0 Å². The third-order valence-corrected chi connectivity index (χ3v) is 11.9. The summed E-state index contributed by atoms with van der Waals surface area (Å²) in [6.45, 7) is 0. The van der Waals surface area contributed by atoms with E-state index >= 15 is 0 Å². The number of ether oxygens (including phenoxy) is 2. The SMILES string of the molecule is O.O=C1OC2(c3ccc(O)cc3Oc3cc(O)ccc32)c2cc(Br)c(Br)[c]([Hg])c21. The van der Waals surface area contributed by atoms with Crippen LogP contribution in [0.1, 0.15) is 27.0 Å². The van der Waals surface area contributed by atoms with Gasteiger partial charge in [0.05, 0.1) is 0 Å². The molecular weight excluding hydrogens is 697 g/mol. The number of phenolic OH excluding ortho intramolecular Hbond substituents is 2. The van der Waals surface area contributed by atoms with E-state index in [4.69, 9.17) is 9.47 Å². The fourth-order valence-electron chi connectivity index (χ4n) is 3.87. The number of carbonyl (C=O) groups excluding carboxylic acids is 1. The summed E-state index contributed by atoms with van der Waals surface area (Å²) < 4.78 is 14.7. The Bertz CT molecular complexity index is 1160. The van der Waals surface area contributed by atoms with Crippen LogP contribution in [0.4, 0.5) is 0 Å². The molecule has 0 amide bonds. The third kappa shape index (κ3) is 2.76. The summed E-state index contributed by atoms with van der Waals surface area (Å²) in [5.74, 6) is 0.416. The molecule has 4 N–H and O–H groups in total. The molecule has 0 radical (unpaired) electrons. The van der Waals surface area contributed by atoms with Gasteiger partial charge in [0.2, 0.25) is 0 Å². The molecular formula is C20H11Br2HgO6. The van der Waals surface area contributed by atoms with Crippen LogP contribution in [0, 0.1) is 0 Å². The zero-order chi connectivity index (χ0) is 19.8. The summed E-state index contributed by atoms with van der Waals surface area (Å²) in [4.78, 5) is 13.0. The Morgan fingerprint density at radius 3 is 2.00 bits per heavy atom. The minimum atomic E-state index is -1.21. The first-order valence-corrected chi connectivity index (χ1v) is 12.6. The number of benzene rings is 3. The van der Waals surface area contributed by atoms with Gasteiger partial charge in [-0.15, -0.1) is 0 Å². The standard InChI is InChI=1S/C20H9Br2O5.Hg.H2O/c21-15-7-11-14(8-16(15)22)20(27-19(11)25)12-3-1-9(23)5-17(12)26-18-6-10(24)2-4-13(18)20;;/h1-6,8,23-24H;;1H2. The monoisotopic (exact) mass is 707 g/mol.